The predicted molar refractivity (Wildman–Crippen MR) is 83.4 cm³/mol. The van der Waals surface area contributed by atoms with Gasteiger partial charge in [-0.25, -0.2) is 4.79 Å². The van der Waals surface area contributed by atoms with Gasteiger partial charge in [0.25, 0.3) is 0 Å². The number of carboxylic acids is 1. The highest BCUT2D eigenvalue weighted by Gasteiger charge is 2.39. The van der Waals surface area contributed by atoms with E-state index in [1.54, 1.807) is 0 Å². The highest BCUT2D eigenvalue weighted by molar-refractivity contribution is 5.92. The maximum absolute atomic E-state index is 12.5. The Bertz CT molecular complexity index is 454. The van der Waals surface area contributed by atoms with Gasteiger partial charge in [-0.3, -0.25) is 9.59 Å². The van der Waals surface area contributed by atoms with E-state index in [2.05, 4.69) is 5.32 Å². The van der Waals surface area contributed by atoms with Crippen molar-refractivity contribution in [2.24, 2.45) is 11.7 Å². The number of aliphatic hydroxyl groups is 1. The minimum atomic E-state index is -1.40. The first-order chi connectivity index (χ1) is 10.7. The molecular formula is C15H27N3O5. The van der Waals surface area contributed by atoms with E-state index in [0.717, 1.165) is 6.42 Å². The number of rotatable bonds is 7. The molecule has 0 aromatic heterocycles. The summed E-state index contributed by atoms with van der Waals surface area (Å²) in [5.41, 5.74) is 5.95. The van der Waals surface area contributed by atoms with Crippen LogP contribution in [-0.4, -0.2) is 63.7 Å². The number of hydrogen-bond acceptors (Lipinski definition) is 5. The van der Waals surface area contributed by atoms with Crippen molar-refractivity contribution >= 4 is 17.8 Å². The molecule has 1 saturated heterocycles. The predicted octanol–water partition coefficient (Wildman–Crippen LogP) is -0.699. The molecule has 1 fully saturated rings. The minimum absolute atomic E-state index is 0.00366. The van der Waals surface area contributed by atoms with Crippen molar-refractivity contribution in [3.05, 3.63) is 0 Å². The lowest BCUT2D eigenvalue weighted by atomic mass is 9.98. The number of carbonyl (C=O) groups excluding carboxylic acids is 2. The van der Waals surface area contributed by atoms with E-state index in [9.17, 15) is 19.5 Å². The van der Waals surface area contributed by atoms with Crippen molar-refractivity contribution in [2.45, 2.75) is 64.3 Å². The molecule has 0 radical (unpaired) electrons. The summed E-state index contributed by atoms with van der Waals surface area (Å²) in [5.74, 6) is -2.18. The molecule has 0 aromatic rings. The largest absolute Gasteiger partial charge is 0.480 e. The fraction of sp³-hybridized carbons (Fsp3) is 0.800. The molecule has 5 N–H and O–H groups in total. The number of carboxylic acid groups (broad SMARTS) is 1. The zero-order valence-corrected chi connectivity index (χ0v) is 13.9. The second-order valence-corrected chi connectivity index (χ2v) is 6.17. The maximum Gasteiger partial charge on any atom is 0.328 e. The molecule has 132 valence electrons. The maximum atomic E-state index is 12.5. The van der Waals surface area contributed by atoms with E-state index in [4.69, 9.17) is 10.8 Å². The van der Waals surface area contributed by atoms with Crippen molar-refractivity contribution in [3.8, 4) is 0 Å². The summed E-state index contributed by atoms with van der Waals surface area (Å²) in [5, 5.41) is 20.8. The standard InChI is InChI=1S/C15H27N3O5/c1-4-8(2)11(16)14(21)18-7-5-6-10(18)13(20)17-12(9(3)19)15(22)23/h8-12,19H,4-7,16H2,1-3H3,(H,17,20)(H,22,23)/t8-,9+,10-,11-,12-/m0/s1. The number of aliphatic hydroxyl groups excluding tert-OH is 1. The molecule has 0 aliphatic carbocycles. The molecule has 2 amide bonds. The minimum Gasteiger partial charge on any atom is -0.480 e. The molecule has 1 rings (SSSR count). The molecule has 23 heavy (non-hydrogen) atoms. The Balaban J connectivity index is 2.80. The lowest BCUT2D eigenvalue weighted by Gasteiger charge is -2.29. The average molecular weight is 329 g/mol. The Kier molecular flexibility index (Phi) is 6.96. The summed E-state index contributed by atoms with van der Waals surface area (Å²) >= 11 is 0. The smallest absolute Gasteiger partial charge is 0.328 e. The van der Waals surface area contributed by atoms with Crippen LogP contribution in [0.1, 0.15) is 40.0 Å². The van der Waals surface area contributed by atoms with Gasteiger partial charge in [-0.2, -0.15) is 0 Å². The monoisotopic (exact) mass is 329 g/mol. The molecule has 0 saturated carbocycles. The topological polar surface area (TPSA) is 133 Å². The zero-order valence-electron chi connectivity index (χ0n) is 13.9. The number of hydrogen-bond donors (Lipinski definition) is 4. The van der Waals surface area contributed by atoms with Gasteiger partial charge in [-0.1, -0.05) is 20.3 Å². The third-order valence-corrected chi connectivity index (χ3v) is 4.43. The van der Waals surface area contributed by atoms with Crippen LogP contribution in [0.15, 0.2) is 0 Å². The van der Waals surface area contributed by atoms with Crippen molar-refractivity contribution in [3.63, 3.8) is 0 Å². The molecule has 8 heteroatoms. The summed E-state index contributed by atoms with van der Waals surface area (Å²) in [6.45, 7) is 5.52. The first-order valence-corrected chi connectivity index (χ1v) is 7.98. The zero-order chi connectivity index (χ0) is 17.7. The van der Waals surface area contributed by atoms with Crippen LogP contribution in [0.3, 0.4) is 0 Å². The van der Waals surface area contributed by atoms with Crippen LogP contribution < -0.4 is 11.1 Å². The van der Waals surface area contributed by atoms with Crippen LogP contribution in [-0.2, 0) is 14.4 Å². The van der Waals surface area contributed by atoms with Gasteiger partial charge < -0.3 is 26.2 Å². The fourth-order valence-corrected chi connectivity index (χ4v) is 2.63. The number of amides is 2. The summed E-state index contributed by atoms with van der Waals surface area (Å²) in [4.78, 5) is 37.3. The van der Waals surface area contributed by atoms with Crippen molar-refractivity contribution < 1.29 is 24.6 Å². The third-order valence-electron chi connectivity index (χ3n) is 4.43. The number of nitrogens with zero attached hydrogens (tertiary/aromatic N) is 1. The van der Waals surface area contributed by atoms with Crippen LogP contribution in [0, 0.1) is 5.92 Å². The highest BCUT2D eigenvalue weighted by atomic mass is 16.4. The summed E-state index contributed by atoms with van der Waals surface area (Å²) < 4.78 is 0. The lowest BCUT2D eigenvalue weighted by molar-refractivity contribution is -0.146. The first-order valence-electron chi connectivity index (χ1n) is 7.98. The average Bonchev–Trinajstić information content (AvgIpc) is 2.98. The molecule has 1 heterocycles. The number of likely N-dealkylation sites (tertiary alicyclic amines) is 1. The van der Waals surface area contributed by atoms with Gasteiger partial charge in [-0.05, 0) is 25.7 Å². The van der Waals surface area contributed by atoms with E-state index in [1.165, 1.54) is 11.8 Å². The van der Waals surface area contributed by atoms with Gasteiger partial charge in [0, 0.05) is 6.54 Å². The number of nitrogens with two attached hydrogens (primary N) is 1. The van der Waals surface area contributed by atoms with Crippen LogP contribution in [0.4, 0.5) is 0 Å². The van der Waals surface area contributed by atoms with Crippen LogP contribution in [0.5, 0.6) is 0 Å². The first kappa shape index (κ1) is 19.4. The fourth-order valence-electron chi connectivity index (χ4n) is 2.63. The van der Waals surface area contributed by atoms with Crippen molar-refractivity contribution in [1.82, 2.24) is 10.2 Å². The second kappa shape index (κ2) is 8.26. The molecule has 0 bridgehead atoms. The summed E-state index contributed by atoms with van der Waals surface area (Å²) in [6, 6.07) is -2.82. The van der Waals surface area contributed by atoms with Crippen molar-refractivity contribution in [2.75, 3.05) is 6.54 Å². The van der Waals surface area contributed by atoms with E-state index >= 15 is 0 Å². The Labute approximate surface area is 136 Å². The van der Waals surface area contributed by atoms with E-state index in [0.29, 0.717) is 19.4 Å². The van der Waals surface area contributed by atoms with E-state index in [-0.39, 0.29) is 11.8 Å². The van der Waals surface area contributed by atoms with Crippen molar-refractivity contribution in [1.29, 1.82) is 0 Å². The Hall–Kier alpha value is -1.67. The Morgan fingerprint density at radius 3 is 2.43 bits per heavy atom. The molecular weight excluding hydrogens is 302 g/mol. The Morgan fingerprint density at radius 2 is 1.96 bits per heavy atom. The van der Waals surface area contributed by atoms with Gasteiger partial charge in [0.15, 0.2) is 6.04 Å². The van der Waals surface area contributed by atoms with Gasteiger partial charge in [0.2, 0.25) is 11.8 Å². The molecule has 1 aliphatic heterocycles. The molecule has 5 atom stereocenters. The third kappa shape index (κ3) is 4.65. The van der Waals surface area contributed by atoms with Crippen LogP contribution in [0.25, 0.3) is 0 Å². The molecule has 0 aromatic carbocycles. The van der Waals surface area contributed by atoms with Gasteiger partial charge >= 0.3 is 5.97 Å². The molecule has 1 aliphatic rings. The normalized spacial score (nSPS) is 23.0. The second-order valence-electron chi connectivity index (χ2n) is 6.17. The summed E-state index contributed by atoms with van der Waals surface area (Å²) in [6.07, 6.45) is 0.630. The lowest BCUT2D eigenvalue weighted by Crippen LogP contribution is -2.56. The quantitative estimate of drug-likeness (QED) is 0.488. The van der Waals surface area contributed by atoms with Crippen LogP contribution >= 0.6 is 0 Å². The van der Waals surface area contributed by atoms with E-state index in [1.807, 2.05) is 13.8 Å². The van der Waals surface area contributed by atoms with Gasteiger partial charge in [0.1, 0.15) is 6.04 Å². The number of carbonyl (C=O) groups is 3. The van der Waals surface area contributed by atoms with Gasteiger partial charge in [0.05, 0.1) is 12.1 Å². The molecule has 8 nitrogen and oxygen atoms in total. The highest BCUT2D eigenvalue weighted by Crippen LogP contribution is 2.20. The number of nitrogens with one attached hydrogen (secondary N) is 1. The summed E-state index contributed by atoms with van der Waals surface area (Å²) in [7, 11) is 0. The van der Waals surface area contributed by atoms with E-state index < -0.39 is 36.1 Å². The number of aliphatic carboxylic acids is 1. The van der Waals surface area contributed by atoms with Gasteiger partial charge in [-0.15, -0.1) is 0 Å². The molecule has 0 unspecified atom stereocenters. The Morgan fingerprint density at radius 1 is 1.35 bits per heavy atom. The molecule has 0 spiro atoms. The van der Waals surface area contributed by atoms with Crippen LogP contribution in [0.2, 0.25) is 0 Å². The SMILES string of the molecule is CC[C@H](C)[C@H](N)C(=O)N1CCC[C@H]1C(=O)N[C@H](C(=O)O)[C@@H](C)O.